The van der Waals surface area contributed by atoms with Crippen LogP contribution in [0.15, 0.2) is 24.3 Å². The van der Waals surface area contributed by atoms with Gasteiger partial charge >= 0.3 is 0 Å². The van der Waals surface area contributed by atoms with Crippen molar-refractivity contribution in [1.82, 2.24) is 4.90 Å². The number of hydrogen-bond acceptors (Lipinski definition) is 4. The highest BCUT2D eigenvalue weighted by molar-refractivity contribution is 5.28. The van der Waals surface area contributed by atoms with Crippen molar-refractivity contribution in [3.8, 4) is 5.75 Å². The number of aliphatic hydroxyl groups excluding tert-OH is 1. The van der Waals surface area contributed by atoms with E-state index in [9.17, 15) is 5.11 Å². The maximum Gasteiger partial charge on any atom is 0.119 e. The van der Waals surface area contributed by atoms with E-state index < -0.39 is 0 Å². The van der Waals surface area contributed by atoms with E-state index in [1.807, 2.05) is 25.2 Å². The molecular formula is C16H28N2O2. The molecule has 0 aromatic heterocycles. The molecule has 0 radical (unpaired) electrons. The summed E-state index contributed by atoms with van der Waals surface area (Å²) in [6.45, 7) is 7.07. The summed E-state index contributed by atoms with van der Waals surface area (Å²) in [5.74, 6) is 0.844. The van der Waals surface area contributed by atoms with E-state index in [2.05, 4.69) is 31.7 Å². The Morgan fingerprint density at radius 3 is 2.50 bits per heavy atom. The van der Waals surface area contributed by atoms with Crippen molar-refractivity contribution in [2.45, 2.75) is 39.4 Å². The summed E-state index contributed by atoms with van der Waals surface area (Å²) in [6.07, 6.45) is 0. The summed E-state index contributed by atoms with van der Waals surface area (Å²) in [7, 11) is 3.65. The van der Waals surface area contributed by atoms with E-state index in [1.54, 1.807) is 7.11 Å². The van der Waals surface area contributed by atoms with Gasteiger partial charge in [-0.2, -0.15) is 0 Å². The molecule has 20 heavy (non-hydrogen) atoms. The number of benzene rings is 1. The van der Waals surface area contributed by atoms with Gasteiger partial charge in [-0.05, 0) is 30.2 Å². The fourth-order valence-corrected chi connectivity index (χ4v) is 2.28. The van der Waals surface area contributed by atoms with Crippen LogP contribution in [0.5, 0.6) is 5.75 Å². The Hall–Kier alpha value is -1.10. The molecule has 1 rings (SSSR count). The number of likely N-dealkylation sites (N-methyl/N-ethyl adjacent to an activating group) is 1. The van der Waals surface area contributed by atoms with Crippen LogP contribution in [0.2, 0.25) is 0 Å². The zero-order valence-corrected chi connectivity index (χ0v) is 13.3. The molecule has 0 aliphatic rings. The third-order valence-corrected chi connectivity index (χ3v) is 3.73. The number of rotatable bonds is 6. The van der Waals surface area contributed by atoms with Crippen LogP contribution in [0.1, 0.15) is 26.3 Å². The van der Waals surface area contributed by atoms with Gasteiger partial charge in [-0.25, -0.2) is 0 Å². The Morgan fingerprint density at radius 1 is 1.35 bits per heavy atom. The van der Waals surface area contributed by atoms with Gasteiger partial charge in [0.1, 0.15) is 5.75 Å². The second-order valence-corrected chi connectivity index (χ2v) is 6.41. The highest BCUT2D eigenvalue weighted by atomic mass is 16.5. The molecule has 0 fully saturated rings. The smallest absolute Gasteiger partial charge is 0.119 e. The van der Waals surface area contributed by atoms with Crippen molar-refractivity contribution in [2.75, 3.05) is 20.8 Å². The average molecular weight is 280 g/mol. The molecule has 0 bridgehead atoms. The fourth-order valence-electron chi connectivity index (χ4n) is 2.28. The zero-order valence-electron chi connectivity index (χ0n) is 13.3. The highest BCUT2D eigenvalue weighted by Gasteiger charge is 2.31. The minimum atomic E-state index is -0.0943. The Labute approximate surface area is 122 Å². The van der Waals surface area contributed by atoms with E-state index in [0.717, 1.165) is 17.9 Å². The Bertz CT molecular complexity index is 415. The van der Waals surface area contributed by atoms with Crippen LogP contribution in [0.3, 0.4) is 0 Å². The molecule has 0 saturated heterocycles. The third kappa shape index (κ3) is 4.47. The summed E-state index contributed by atoms with van der Waals surface area (Å²) in [5.41, 5.74) is 7.39. The van der Waals surface area contributed by atoms with Crippen molar-refractivity contribution >= 4 is 0 Å². The van der Waals surface area contributed by atoms with Crippen LogP contribution in [-0.2, 0) is 6.54 Å². The van der Waals surface area contributed by atoms with Gasteiger partial charge in [0.15, 0.2) is 0 Å². The van der Waals surface area contributed by atoms with Gasteiger partial charge in [-0.15, -0.1) is 0 Å². The molecule has 2 unspecified atom stereocenters. The maximum absolute atomic E-state index is 9.66. The van der Waals surface area contributed by atoms with Crippen molar-refractivity contribution in [3.63, 3.8) is 0 Å². The molecule has 0 saturated carbocycles. The van der Waals surface area contributed by atoms with Gasteiger partial charge < -0.3 is 15.6 Å². The molecule has 2 atom stereocenters. The molecule has 4 nitrogen and oxygen atoms in total. The number of aliphatic hydroxyl groups is 1. The second-order valence-electron chi connectivity index (χ2n) is 6.41. The SMILES string of the molecule is COc1cccc(CN(C)C(CO)C(N)C(C)(C)C)c1. The molecule has 3 N–H and O–H groups in total. The number of ether oxygens (including phenoxy) is 1. The van der Waals surface area contributed by atoms with Crippen molar-refractivity contribution in [1.29, 1.82) is 0 Å². The molecule has 114 valence electrons. The van der Waals surface area contributed by atoms with Crippen molar-refractivity contribution in [2.24, 2.45) is 11.1 Å². The molecule has 4 heteroatoms. The Balaban J connectivity index is 2.79. The molecule has 0 spiro atoms. The standard InChI is InChI=1S/C16H28N2O2/c1-16(2,3)15(17)14(11-19)18(4)10-12-7-6-8-13(9-12)20-5/h6-9,14-15,19H,10-11,17H2,1-5H3. The van der Waals surface area contributed by atoms with Gasteiger partial charge in [0.25, 0.3) is 0 Å². The van der Waals surface area contributed by atoms with Crippen molar-refractivity contribution < 1.29 is 9.84 Å². The molecule has 1 aromatic carbocycles. The topological polar surface area (TPSA) is 58.7 Å². The van der Waals surface area contributed by atoms with E-state index in [4.69, 9.17) is 10.5 Å². The Kier molecular flexibility index (Phi) is 5.99. The van der Waals surface area contributed by atoms with Crippen LogP contribution >= 0.6 is 0 Å². The van der Waals surface area contributed by atoms with Crippen LogP contribution in [0.4, 0.5) is 0 Å². The predicted molar refractivity (Wildman–Crippen MR) is 82.8 cm³/mol. The quantitative estimate of drug-likeness (QED) is 0.835. The molecule has 0 amide bonds. The van der Waals surface area contributed by atoms with Crippen LogP contribution in [0, 0.1) is 5.41 Å². The lowest BCUT2D eigenvalue weighted by Gasteiger charge is -2.38. The number of nitrogens with zero attached hydrogens (tertiary/aromatic N) is 1. The van der Waals surface area contributed by atoms with E-state index >= 15 is 0 Å². The Morgan fingerprint density at radius 2 is 2.00 bits per heavy atom. The second kappa shape index (κ2) is 7.07. The largest absolute Gasteiger partial charge is 0.497 e. The van der Waals surface area contributed by atoms with E-state index in [0.29, 0.717) is 0 Å². The maximum atomic E-state index is 9.66. The molecule has 0 aliphatic heterocycles. The number of methoxy groups -OCH3 is 1. The molecule has 1 aromatic rings. The first-order valence-corrected chi connectivity index (χ1v) is 6.99. The van der Waals surface area contributed by atoms with E-state index in [1.165, 1.54) is 0 Å². The fraction of sp³-hybridized carbons (Fsp3) is 0.625. The average Bonchev–Trinajstić information content (AvgIpc) is 2.38. The lowest BCUT2D eigenvalue weighted by Crippen LogP contribution is -2.54. The van der Waals surface area contributed by atoms with Crippen LogP contribution in [-0.4, -0.2) is 42.9 Å². The number of nitrogens with two attached hydrogens (primary N) is 1. The van der Waals surface area contributed by atoms with Gasteiger partial charge in [-0.3, -0.25) is 4.90 Å². The van der Waals surface area contributed by atoms with Crippen molar-refractivity contribution in [3.05, 3.63) is 29.8 Å². The molecule has 0 heterocycles. The zero-order chi connectivity index (χ0) is 15.3. The highest BCUT2D eigenvalue weighted by Crippen LogP contribution is 2.23. The minimum Gasteiger partial charge on any atom is -0.497 e. The third-order valence-electron chi connectivity index (χ3n) is 3.73. The summed E-state index contributed by atoms with van der Waals surface area (Å²) in [6, 6.07) is 7.79. The van der Waals surface area contributed by atoms with Crippen LogP contribution < -0.4 is 10.5 Å². The number of hydrogen-bond donors (Lipinski definition) is 2. The monoisotopic (exact) mass is 280 g/mol. The molecular weight excluding hydrogens is 252 g/mol. The predicted octanol–water partition coefficient (Wildman–Crippen LogP) is 1.86. The summed E-state index contributed by atoms with van der Waals surface area (Å²) in [5, 5.41) is 9.66. The summed E-state index contributed by atoms with van der Waals surface area (Å²) < 4.78 is 5.23. The summed E-state index contributed by atoms with van der Waals surface area (Å²) >= 11 is 0. The lowest BCUT2D eigenvalue weighted by atomic mass is 9.82. The van der Waals surface area contributed by atoms with Gasteiger partial charge in [-0.1, -0.05) is 32.9 Å². The van der Waals surface area contributed by atoms with E-state index in [-0.39, 0.29) is 24.1 Å². The first-order valence-electron chi connectivity index (χ1n) is 6.99. The lowest BCUT2D eigenvalue weighted by molar-refractivity contribution is 0.0843. The minimum absolute atomic E-state index is 0.0456. The normalized spacial score (nSPS) is 15.2. The summed E-state index contributed by atoms with van der Waals surface area (Å²) in [4.78, 5) is 2.10. The van der Waals surface area contributed by atoms with Gasteiger partial charge in [0, 0.05) is 18.6 Å². The molecule has 0 aliphatic carbocycles. The van der Waals surface area contributed by atoms with Gasteiger partial charge in [0.2, 0.25) is 0 Å². The first-order chi connectivity index (χ1) is 9.29. The van der Waals surface area contributed by atoms with Crippen LogP contribution in [0.25, 0.3) is 0 Å². The first kappa shape index (κ1) is 17.0. The van der Waals surface area contributed by atoms with Gasteiger partial charge in [0.05, 0.1) is 13.7 Å².